The van der Waals surface area contributed by atoms with Gasteiger partial charge >= 0.3 is 19.5 Å². The molecule has 1 aromatic carbocycles. The second-order valence-electron chi connectivity index (χ2n) is 5.95. The molecular formula is C22H22N2O4Zn. The smallest absolute Gasteiger partial charge is 0.876 e. The van der Waals surface area contributed by atoms with E-state index >= 15 is 0 Å². The molecule has 2 aromatic heterocycles. The number of aromatic nitrogens is 2. The molecule has 6 nitrogen and oxygen atoms in total. The Kier molecular flexibility index (Phi) is 12.0. The van der Waals surface area contributed by atoms with Crippen LogP contribution in [0.4, 0.5) is 0 Å². The molecule has 7 heteroatoms. The van der Waals surface area contributed by atoms with Gasteiger partial charge in [-0.25, -0.2) is 0 Å². The molecule has 2 heterocycles. The molecule has 0 N–H and O–H groups in total. The summed E-state index contributed by atoms with van der Waals surface area (Å²) in [4.78, 5) is 28.6. The molecule has 0 bridgehead atoms. The topological polar surface area (TPSA) is 106 Å². The molecule has 0 radical (unpaired) electrons. The molecular weight excluding hydrogens is 422 g/mol. The van der Waals surface area contributed by atoms with Gasteiger partial charge in [-0.3, -0.25) is 19.6 Å². The van der Waals surface area contributed by atoms with E-state index in [1.165, 1.54) is 27.7 Å². The van der Waals surface area contributed by atoms with E-state index in [9.17, 15) is 19.8 Å². The second kappa shape index (κ2) is 13.3. The van der Waals surface area contributed by atoms with E-state index in [4.69, 9.17) is 0 Å². The van der Waals surface area contributed by atoms with Crippen molar-refractivity contribution in [3.63, 3.8) is 0 Å². The molecule has 3 rings (SSSR count). The van der Waals surface area contributed by atoms with Crippen LogP contribution in [-0.2, 0) is 29.1 Å². The Labute approximate surface area is 182 Å². The largest absolute Gasteiger partial charge is 2.00 e. The summed E-state index contributed by atoms with van der Waals surface area (Å²) >= 11 is 0. The molecule has 0 aliphatic carbocycles. The van der Waals surface area contributed by atoms with Gasteiger partial charge in [0, 0.05) is 23.2 Å². The maximum atomic E-state index is 9.98. The minimum atomic E-state index is -0.187. The van der Waals surface area contributed by atoms with Gasteiger partial charge < -0.3 is 10.2 Å². The molecule has 146 valence electrons. The van der Waals surface area contributed by atoms with Gasteiger partial charge in [0.2, 0.25) is 0 Å². The third kappa shape index (κ3) is 10.3. The average Bonchev–Trinajstić information content (AvgIpc) is 2.60. The Balaban J connectivity index is 0.000000451. The third-order valence-corrected chi connectivity index (χ3v) is 3.16. The second-order valence-corrected chi connectivity index (χ2v) is 5.95. The molecule has 0 aliphatic heterocycles. The van der Waals surface area contributed by atoms with Crippen LogP contribution in [-0.4, -0.2) is 21.5 Å². The molecule has 0 aliphatic rings. The van der Waals surface area contributed by atoms with Crippen molar-refractivity contribution in [1.82, 2.24) is 9.97 Å². The van der Waals surface area contributed by atoms with Gasteiger partial charge in [0.15, 0.2) is 11.6 Å². The molecule has 0 saturated heterocycles. The Bertz CT molecular complexity index is 939. The number of carbonyl (C=O) groups is 2. The van der Waals surface area contributed by atoms with Gasteiger partial charge in [0.1, 0.15) is 0 Å². The van der Waals surface area contributed by atoms with E-state index in [2.05, 4.69) is 34.2 Å². The Morgan fingerprint density at radius 1 is 0.724 bits per heavy atom. The molecule has 29 heavy (non-hydrogen) atoms. The predicted octanol–water partition coefficient (Wildman–Crippen LogP) is 2.46. The summed E-state index contributed by atoms with van der Waals surface area (Å²) in [6, 6.07) is 12.1. The maximum Gasteiger partial charge on any atom is 2.00 e. The van der Waals surface area contributed by atoms with Crippen LogP contribution in [0.5, 0.6) is 0 Å². The molecule has 0 saturated carbocycles. The van der Waals surface area contributed by atoms with Crippen molar-refractivity contribution in [1.29, 1.82) is 0 Å². The number of hydrogen-bond donors (Lipinski definition) is 0. The van der Waals surface area contributed by atoms with Crippen molar-refractivity contribution in [2.45, 2.75) is 27.7 Å². The normalized spacial score (nSPS) is 10.8. The number of nitrogens with zero attached hydrogens (tertiary/aromatic N) is 2. The van der Waals surface area contributed by atoms with Gasteiger partial charge in [-0.1, -0.05) is 38.1 Å². The third-order valence-electron chi connectivity index (χ3n) is 3.16. The minimum Gasteiger partial charge on any atom is -0.876 e. The summed E-state index contributed by atoms with van der Waals surface area (Å²) in [5.74, 6) is -0.750. The van der Waals surface area contributed by atoms with Gasteiger partial charge in [-0.05, 0) is 38.1 Å². The van der Waals surface area contributed by atoms with Crippen molar-refractivity contribution in [2.75, 3.05) is 0 Å². The Morgan fingerprint density at radius 2 is 1.07 bits per heavy atom. The van der Waals surface area contributed by atoms with E-state index < -0.39 is 0 Å². The van der Waals surface area contributed by atoms with Crippen molar-refractivity contribution in [3.8, 4) is 0 Å². The van der Waals surface area contributed by atoms with Crippen LogP contribution in [0.3, 0.4) is 0 Å². The molecule has 0 amide bonds. The molecule has 0 spiro atoms. The average molecular weight is 444 g/mol. The van der Waals surface area contributed by atoms with Gasteiger partial charge in [0.25, 0.3) is 0 Å². The fourth-order valence-corrected chi connectivity index (χ4v) is 2.25. The molecule has 0 atom stereocenters. The van der Waals surface area contributed by atoms with Crippen LogP contribution in [0.1, 0.15) is 27.7 Å². The molecule has 0 fully saturated rings. The summed E-state index contributed by atoms with van der Waals surface area (Å²) in [5.41, 5.74) is 1.95. The van der Waals surface area contributed by atoms with Crippen LogP contribution in [0.2, 0.25) is 0 Å². The number of fused-ring (bicyclic) bond motifs is 3. The number of benzene rings is 1. The quantitative estimate of drug-likeness (QED) is 0.261. The molecule has 3 aromatic rings. The van der Waals surface area contributed by atoms with E-state index in [1.807, 2.05) is 12.1 Å². The van der Waals surface area contributed by atoms with Crippen LogP contribution in [0.15, 0.2) is 72.5 Å². The zero-order chi connectivity index (χ0) is 21.1. The van der Waals surface area contributed by atoms with Crippen molar-refractivity contribution < 1.29 is 39.3 Å². The van der Waals surface area contributed by atoms with Crippen LogP contribution < -0.4 is 10.2 Å². The first-order valence-corrected chi connectivity index (χ1v) is 8.51. The summed E-state index contributed by atoms with van der Waals surface area (Å²) in [5, 5.41) is 22.2. The van der Waals surface area contributed by atoms with E-state index in [-0.39, 0.29) is 42.6 Å². The SMILES string of the molecule is CC(=O)/C=C(/C)[O-].CC(=O)/C=C(/C)[O-].[Zn+2].c1cnc2c(c1)ccc1cccnc12. The number of hydrogen-bond acceptors (Lipinski definition) is 6. The van der Waals surface area contributed by atoms with Gasteiger partial charge in [-0.2, -0.15) is 0 Å². The molecule has 0 unspecified atom stereocenters. The summed E-state index contributed by atoms with van der Waals surface area (Å²) in [7, 11) is 0. The van der Waals surface area contributed by atoms with E-state index in [1.54, 1.807) is 12.4 Å². The van der Waals surface area contributed by atoms with Crippen molar-refractivity contribution in [3.05, 3.63) is 72.5 Å². The van der Waals surface area contributed by atoms with Crippen molar-refractivity contribution in [2.24, 2.45) is 0 Å². The van der Waals surface area contributed by atoms with E-state index in [0.717, 1.165) is 34.0 Å². The fraction of sp³-hybridized carbons (Fsp3) is 0.182. The Hall–Kier alpha value is -2.92. The van der Waals surface area contributed by atoms with Crippen molar-refractivity contribution >= 4 is 33.4 Å². The van der Waals surface area contributed by atoms with Gasteiger partial charge in [-0.15, -0.1) is 11.5 Å². The number of allylic oxidation sites excluding steroid dienone is 4. The van der Waals surface area contributed by atoms with Crippen LogP contribution >= 0.6 is 0 Å². The van der Waals surface area contributed by atoms with Gasteiger partial charge in [0.05, 0.1) is 11.0 Å². The number of ketones is 2. The summed E-state index contributed by atoms with van der Waals surface area (Å²) in [6.07, 6.45) is 5.72. The predicted molar refractivity (Wildman–Crippen MR) is 106 cm³/mol. The standard InChI is InChI=1S/C12H8N2.2C5H8O2.Zn/c1-3-9-5-6-10-4-2-8-14-12(10)11(9)13-7-1;2*1-4(6)3-5(2)7;/h1-8H;2*3,6H,1-2H3;/q;;;+2/p-2/b;2*4-3-;. The maximum absolute atomic E-state index is 9.98. The first kappa shape index (κ1) is 26.1. The van der Waals surface area contributed by atoms with Crippen LogP contribution in [0.25, 0.3) is 21.8 Å². The van der Waals surface area contributed by atoms with E-state index in [0.29, 0.717) is 0 Å². The Morgan fingerprint density at radius 3 is 1.31 bits per heavy atom. The zero-order valence-electron chi connectivity index (χ0n) is 17.0. The minimum absolute atomic E-state index is 0. The summed E-state index contributed by atoms with van der Waals surface area (Å²) in [6.45, 7) is 5.39. The first-order chi connectivity index (χ1) is 13.2. The number of rotatable bonds is 2. The first-order valence-electron chi connectivity index (χ1n) is 8.51. The monoisotopic (exact) mass is 442 g/mol. The number of carbonyl (C=O) groups excluding carboxylic acids is 2. The summed E-state index contributed by atoms with van der Waals surface area (Å²) < 4.78 is 0. The number of pyridine rings is 2. The fourth-order valence-electron chi connectivity index (χ4n) is 2.25. The van der Waals surface area contributed by atoms with Crippen LogP contribution in [0, 0.1) is 0 Å². The zero-order valence-corrected chi connectivity index (χ0v) is 20.0.